The van der Waals surface area contributed by atoms with Gasteiger partial charge in [0.1, 0.15) is 11.5 Å². The highest BCUT2D eigenvalue weighted by molar-refractivity contribution is 6.46. The third-order valence-corrected chi connectivity index (χ3v) is 6.20. The first-order chi connectivity index (χ1) is 15.0. The monoisotopic (exact) mass is 420 g/mol. The van der Waals surface area contributed by atoms with Crippen LogP contribution in [-0.4, -0.2) is 39.3 Å². The van der Waals surface area contributed by atoms with Crippen LogP contribution in [0.4, 0.5) is 0 Å². The number of hydrogen-bond acceptors (Lipinski definition) is 5. The van der Waals surface area contributed by atoms with E-state index in [1.165, 1.54) is 0 Å². The quantitative estimate of drug-likeness (QED) is 0.436. The Hall–Kier alpha value is -3.15. The van der Waals surface area contributed by atoms with Crippen LogP contribution in [0.1, 0.15) is 61.8 Å². The zero-order chi connectivity index (χ0) is 22.0. The third kappa shape index (κ3) is 3.94. The number of pyridine rings is 1. The molecule has 0 spiro atoms. The summed E-state index contributed by atoms with van der Waals surface area (Å²) >= 11 is 0. The number of aromatic nitrogens is 1. The number of carbonyl (C=O) groups excluding carboxylic acids is 2. The van der Waals surface area contributed by atoms with E-state index in [0.29, 0.717) is 12.2 Å². The molecular formula is C25H28N2O4. The third-order valence-electron chi connectivity index (χ3n) is 6.20. The Bertz CT molecular complexity index is 1010. The Morgan fingerprint density at radius 2 is 1.97 bits per heavy atom. The number of aliphatic hydroxyl groups is 1. The van der Waals surface area contributed by atoms with Crippen molar-refractivity contribution in [1.29, 1.82) is 0 Å². The van der Waals surface area contributed by atoms with Gasteiger partial charge in [0.2, 0.25) is 0 Å². The van der Waals surface area contributed by atoms with Gasteiger partial charge in [-0.3, -0.25) is 14.6 Å². The Morgan fingerprint density at radius 3 is 2.61 bits per heavy atom. The van der Waals surface area contributed by atoms with E-state index in [1.54, 1.807) is 41.6 Å². The highest BCUT2D eigenvalue weighted by atomic mass is 16.5. The number of amides is 1. The lowest BCUT2D eigenvalue weighted by Crippen LogP contribution is -2.40. The average molecular weight is 421 g/mol. The molecule has 0 bridgehead atoms. The normalized spacial score (nSPS) is 21.5. The number of nitrogens with zero attached hydrogens (tertiary/aromatic N) is 2. The maximum Gasteiger partial charge on any atom is 0.295 e. The van der Waals surface area contributed by atoms with E-state index in [9.17, 15) is 14.7 Å². The molecule has 2 aromatic rings. The number of carbonyl (C=O) groups is 2. The van der Waals surface area contributed by atoms with Gasteiger partial charge in [-0.1, -0.05) is 25.3 Å². The van der Waals surface area contributed by atoms with Crippen LogP contribution < -0.4 is 4.74 Å². The van der Waals surface area contributed by atoms with Crippen LogP contribution in [0.25, 0.3) is 5.76 Å². The number of aryl methyl sites for hydroxylation is 1. The first kappa shape index (κ1) is 21.1. The van der Waals surface area contributed by atoms with Crippen LogP contribution in [-0.2, 0) is 9.59 Å². The molecule has 1 saturated carbocycles. The number of hydrogen-bond donors (Lipinski definition) is 1. The fourth-order valence-corrected chi connectivity index (χ4v) is 4.72. The van der Waals surface area contributed by atoms with Gasteiger partial charge >= 0.3 is 0 Å². The molecule has 31 heavy (non-hydrogen) atoms. The van der Waals surface area contributed by atoms with Crippen molar-refractivity contribution >= 4 is 17.4 Å². The van der Waals surface area contributed by atoms with Crippen molar-refractivity contribution in [3.8, 4) is 5.75 Å². The van der Waals surface area contributed by atoms with Gasteiger partial charge in [0.15, 0.2) is 0 Å². The van der Waals surface area contributed by atoms with Crippen molar-refractivity contribution in [3.05, 3.63) is 65.0 Å². The first-order valence-electron chi connectivity index (χ1n) is 11.0. The van der Waals surface area contributed by atoms with Gasteiger partial charge in [-0.15, -0.1) is 0 Å². The smallest absolute Gasteiger partial charge is 0.295 e. The predicted molar refractivity (Wildman–Crippen MR) is 118 cm³/mol. The van der Waals surface area contributed by atoms with E-state index in [0.717, 1.165) is 49.0 Å². The summed E-state index contributed by atoms with van der Waals surface area (Å²) in [6, 6.07) is 8.29. The number of aliphatic hydroxyl groups excluding tert-OH is 1. The maximum absolute atomic E-state index is 13.2. The maximum atomic E-state index is 13.2. The molecule has 1 aliphatic carbocycles. The molecule has 1 aromatic heterocycles. The molecule has 6 nitrogen and oxygen atoms in total. The summed E-state index contributed by atoms with van der Waals surface area (Å²) in [6.45, 7) is 4.34. The number of ketones is 1. The fraction of sp³-hybridized carbons (Fsp3) is 0.400. The second-order valence-electron chi connectivity index (χ2n) is 8.20. The van der Waals surface area contributed by atoms with E-state index in [-0.39, 0.29) is 17.4 Å². The number of Topliss-reactive ketones (excluding diaryl/α,β-unsaturated/α-hetero) is 1. The topological polar surface area (TPSA) is 79.7 Å². The molecule has 162 valence electrons. The van der Waals surface area contributed by atoms with Gasteiger partial charge in [-0.25, -0.2) is 0 Å². The van der Waals surface area contributed by atoms with Crippen LogP contribution in [0.5, 0.6) is 5.75 Å². The molecule has 2 fully saturated rings. The Balaban J connectivity index is 1.83. The lowest BCUT2D eigenvalue weighted by atomic mass is 9.91. The zero-order valence-electron chi connectivity index (χ0n) is 18.0. The predicted octanol–water partition coefficient (Wildman–Crippen LogP) is 4.54. The minimum absolute atomic E-state index is 0.0113. The van der Waals surface area contributed by atoms with Crippen molar-refractivity contribution in [2.24, 2.45) is 0 Å². The van der Waals surface area contributed by atoms with E-state index >= 15 is 0 Å². The molecule has 1 N–H and O–H groups in total. The van der Waals surface area contributed by atoms with Crippen molar-refractivity contribution in [3.63, 3.8) is 0 Å². The summed E-state index contributed by atoms with van der Waals surface area (Å²) < 4.78 is 5.59. The molecule has 1 amide bonds. The fourth-order valence-electron chi connectivity index (χ4n) is 4.72. The molecule has 4 rings (SSSR count). The summed E-state index contributed by atoms with van der Waals surface area (Å²) in [5.41, 5.74) is 2.21. The molecule has 1 aromatic carbocycles. The summed E-state index contributed by atoms with van der Waals surface area (Å²) in [5.74, 6) is -0.601. The summed E-state index contributed by atoms with van der Waals surface area (Å²) in [6.07, 6.45) is 8.27. The number of rotatable bonds is 5. The standard InChI is InChI=1S/C25H28N2O4/c1-3-31-20-12-11-17(14-16(20)2)23(28)21-22(18-8-7-13-26-15-18)27(25(30)24(21)29)19-9-5-4-6-10-19/h7-8,11-15,19,22,28H,3-6,9-10H2,1-2H3/b23-21-. The molecule has 1 unspecified atom stereocenters. The summed E-state index contributed by atoms with van der Waals surface area (Å²) in [7, 11) is 0. The van der Waals surface area contributed by atoms with Gasteiger partial charge in [-0.2, -0.15) is 0 Å². The minimum atomic E-state index is -0.636. The van der Waals surface area contributed by atoms with Crippen molar-refractivity contribution < 1.29 is 19.4 Å². The SMILES string of the molecule is CCOc1ccc(/C(O)=C2/C(=O)C(=O)N(C3CCCCC3)C2c2cccnc2)cc1C. The molecular weight excluding hydrogens is 392 g/mol. The van der Waals surface area contributed by atoms with Crippen LogP contribution in [0.2, 0.25) is 0 Å². The lowest BCUT2D eigenvalue weighted by molar-refractivity contribution is -0.141. The Kier molecular flexibility index (Phi) is 6.07. The number of likely N-dealkylation sites (tertiary alicyclic amines) is 1. The second kappa shape index (κ2) is 8.92. The molecule has 2 aliphatic rings. The minimum Gasteiger partial charge on any atom is -0.507 e. The molecule has 6 heteroatoms. The molecule has 1 saturated heterocycles. The molecule has 1 atom stereocenters. The van der Waals surface area contributed by atoms with Crippen molar-refractivity contribution in [2.45, 2.75) is 58.0 Å². The summed E-state index contributed by atoms with van der Waals surface area (Å²) in [4.78, 5) is 32.2. The van der Waals surface area contributed by atoms with E-state index in [1.807, 2.05) is 19.9 Å². The molecule has 2 heterocycles. The van der Waals surface area contributed by atoms with Crippen LogP contribution >= 0.6 is 0 Å². The average Bonchev–Trinajstić information content (AvgIpc) is 3.06. The highest BCUT2D eigenvalue weighted by Gasteiger charge is 2.48. The van der Waals surface area contributed by atoms with Gasteiger partial charge in [-0.05, 0) is 62.1 Å². The molecule has 1 aliphatic heterocycles. The number of benzene rings is 1. The Labute approximate surface area is 182 Å². The number of ether oxygens (including phenoxy) is 1. The Morgan fingerprint density at radius 1 is 1.19 bits per heavy atom. The summed E-state index contributed by atoms with van der Waals surface area (Å²) in [5, 5.41) is 11.2. The van der Waals surface area contributed by atoms with E-state index in [4.69, 9.17) is 4.74 Å². The highest BCUT2D eigenvalue weighted by Crippen LogP contribution is 2.43. The van der Waals surface area contributed by atoms with Gasteiger partial charge in [0.05, 0.1) is 18.2 Å². The van der Waals surface area contributed by atoms with Gasteiger partial charge in [0.25, 0.3) is 11.7 Å². The van der Waals surface area contributed by atoms with Crippen molar-refractivity contribution in [2.75, 3.05) is 6.61 Å². The zero-order valence-corrected chi connectivity index (χ0v) is 18.0. The second-order valence-corrected chi connectivity index (χ2v) is 8.20. The van der Waals surface area contributed by atoms with Crippen LogP contribution in [0.15, 0.2) is 48.3 Å². The van der Waals surface area contributed by atoms with E-state index < -0.39 is 17.7 Å². The van der Waals surface area contributed by atoms with Crippen LogP contribution in [0, 0.1) is 6.92 Å². The van der Waals surface area contributed by atoms with Gasteiger partial charge < -0.3 is 14.7 Å². The van der Waals surface area contributed by atoms with E-state index in [2.05, 4.69) is 4.98 Å². The van der Waals surface area contributed by atoms with Crippen LogP contribution in [0.3, 0.4) is 0 Å². The lowest BCUT2D eigenvalue weighted by Gasteiger charge is -2.35. The largest absolute Gasteiger partial charge is 0.507 e. The van der Waals surface area contributed by atoms with Gasteiger partial charge in [0, 0.05) is 24.0 Å². The molecule has 0 radical (unpaired) electrons. The first-order valence-corrected chi connectivity index (χ1v) is 11.0. The van der Waals surface area contributed by atoms with Crippen molar-refractivity contribution in [1.82, 2.24) is 9.88 Å².